The lowest BCUT2D eigenvalue weighted by molar-refractivity contribution is 0.156. The number of hydrogen-bond donors (Lipinski definition) is 0. The molecule has 0 aliphatic heterocycles. The average molecular weight is 411 g/mol. The Hall–Kier alpha value is -0.780. The van der Waals surface area contributed by atoms with E-state index in [1.165, 1.54) is 50.7 Å². The number of halogens is 5. The normalized spacial score (nSPS) is 32.5. The van der Waals surface area contributed by atoms with Crippen molar-refractivity contribution in [2.75, 3.05) is 0 Å². The molecule has 0 heterocycles. The average Bonchev–Trinajstić information content (AvgIpc) is 2.61. The molecule has 0 atom stereocenters. The third-order valence-corrected chi connectivity index (χ3v) is 7.99. The van der Waals surface area contributed by atoms with Gasteiger partial charge in [-0.05, 0) is 79.9 Å². The van der Waals surface area contributed by atoms with Crippen molar-refractivity contribution in [3.8, 4) is 0 Å². The van der Waals surface area contributed by atoms with Gasteiger partial charge in [-0.3, -0.25) is 0 Å². The van der Waals surface area contributed by atoms with Crippen LogP contribution in [0.5, 0.6) is 0 Å². The lowest BCUT2D eigenvalue weighted by Crippen LogP contribution is -2.25. The second-order valence-electron chi connectivity index (χ2n) is 8.72. The molecule has 156 valence electrons. The molecular weight excluding hydrogens is 379 g/mol. The molecule has 0 bridgehead atoms. The van der Waals surface area contributed by atoms with E-state index in [2.05, 4.69) is 6.92 Å². The van der Waals surface area contributed by atoms with Crippen molar-refractivity contribution >= 4 is 10.2 Å². The molecule has 0 saturated heterocycles. The van der Waals surface area contributed by atoms with E-state index in [4.69, 9.17) is 0 Å². The summed E-state index contributed by atoms with van der Waals surface area (Å²) in [4.78, 5) is -1.78. The van der Waals surface area contributed by atoms with Gasteiger partial charge in [-0.2, -0.15) is 0 Å². The zero-order chi connectivity index (χ0) is 19.8. The highest BCUT2D eigenvalue weighted by Gasteiger charge is 2.65. The molecule has 2 aliphatic carbocycles. The molecule has 6 heteroatoms. The summed E-state index contributed by atoms with van der Waals surface area (Å²) in [5.74, 6) is 2.63. The van der Waals surface area contributed by atoms with E-state index in [1.807, 2.05) is 0 Å². The van der Waals surface area contributed by atoms with Gasteiger partial charge in [0.2, 0.25) is 0 Å². The van der Waals surface area contributed by atoms with E-state index in [1.54, 1.807) is 0 Å². The molecule has 1 aromatic carbocycles. The van der Waals surface area contributed by atoms with Gasteiger partial charge < -0.3 is 0 Å². The fourth-order valence-corrected chi connectivity index (χ4v) is 5.93. The summed E-state index contributed by atoms with van der Waals surface area (Å²) in [6.07, 6.45) is 12.0. The van der Waals surface area contributed by atoms with E-state index in [0.29, 0.717) is 12.1 Å². The molecule has 2 aliphatic rings. The van der Waals surface area contributed by atoms with Crippen LogP contribution < -0.4 is 0 Å². The van der Waals surface area contributed by atoms with Crippen molar-refractivity contribution in [2.24, 2.45) is 17.8 Å². The van der Waals surface area contributed by atoms with Crippen molar-refractivity contribution in [2.45, 2.75) is 81.9 Å². The summed E-state index contributed by atoms with van der Waals surface area (Å²) >= 11 is 0. The molecule has 3 rings (SSSR count). The lowest BCUT2D eigenvalue weighted by atomic mass is 9.68. The van der Waals surface area contributed by atoms with Crippen molar-refractivity contribution in [3.05, 3.63) is 29.8 Å². The minimum atomic E-state index is -9.56. The molecule has 0 N–H and O–H groups in total. The first-order chi connectivity index (χ1) is 12.5. The Balaban J connectivity index is 1.54. The maximum Gasteiger partial charge on any atom is 0.310 e. The predicted octanol–water partition coefficient (Wildman–Crippen LogP) is 9.22. The maximum absolute atomic E-state index is 12.9. The van der Waals surface area contributed by atoms with Gasteiger partial charge in [0.1, 0.15) is 4.90 Å². The van der Waals surface area contributed by atoms with Crippen LogP contribution in [0.3, 0.4) is 0 Å². The number of rotatable bonds is 5. The van der Waals surface area contributed by atoms with Crippen LogP contribution in [0.2, 0.25) is 0 Å². The quantitative estimate of drug-likeness (QED) is 0.424. The van der Waals surface area contributed by atoms with Crippen LogP contribution in [0.25, 0.3) is 0 Å². The van der Waals surface area contributed by atoms with E-state index >= 15 is 0 Å². The highest BCUT2D eigenvalue weighted by Crippen LogP contribution is 3.02. The first-order valence-electron chi connectivity index (χ1n) is 10.3. The monoisotopic (exact) mass is 410 g/mol. The van der Waals surface area contributed by atoms with Gasteiger partial charge in [0.05, 0.1) is 0 Å². The molecule has 0 aromatic heterocycles. The first-order valence-corrected chi connectivity index (χ1v) is 12.3. The summed E-state index contributed by atoms with van der Waals surface area (Å²) < 4.78 is 64.3. The topological polar surface area (TPSA) is 0 Å². The van der Waals surface area contributed by atoms with Crippen LogP contribution in [0.4, 0.5) is 19.4 Å². The van der Waals surface area contributed by atoms with Crippen molar-refractivity contribution < 1.29 is 19.4 Å². The van der Waals surface area contributed by atoms with Crippen molar-refractivity contribution in [1.29, 1.82) is 0 Å². The third-order valence-electron chi connectivity index (χ3n) is 6.82. The van der Waals surface area contributed by atoms with Crippen LogP contribution in [0, 0.1) is 17.8 Å². The van der Waals surface area contributed by atoms with Gasteiger partial charge in [-0.15, -0.1) is 0 Å². The largest absolute Gasteiger partial charge is 0.310 e. The zero-order valence-corrected chi connectivity index (χ0v) is 16.8. The van der Waals surface area contributed by atoms with Gasteiger partial charge >= 0.3 is 10.2 Å². The molecule has 0 radical (unpaired) electrons. The molecule has 2 fully saturated rings. The Morgan fingerprint density at radius 3 is 1.67 bits per heavy atom. The highest BCUT2D eigenvalue weighted by molar-refractivity contribution is 8.45. The Morgan fingerprint density at radius 2 is 1.22 bits per heavy atom. The molecule has 0 amide bonds. The van der Waals surface area contributed by atoms with Gasteiger partial charge in [0.15, 0.2) is 0 Å². The Kier molecular flexibility index (Phi) is 5.37. The summed E-state index contributed by atoms with van der Waals surface area (Å²) in [5, 5.41) is 0. The van der Waals surface area contributed by atoms with E-state index in [0.717, 1.165) is 49.0 Å². The Bertz CT molecular complexity index is 621. The molecule has 27 heavy (non-hydrogen) atoms. The van der Waals surface area contributed by atoms with Crippen LogP contribution in [-0.2, 0) is 0 Å². The SMILES string of the molecule is CCC[C@H]1CC[C@H]([C@H]2CC[C@H](c3ccc(S(F)(F)(F)(F)F)cc3)CC2)CC1. The smallest absolute Gasteiger partial charge is 0.0936 e. The second-order valence-corrected chi connectivity index (χ2v) is 11.1. The maximum atomic E-state index is 12.9. The van der Waals surface area contributed by atoms with Crippen LogP contribution in [0.1, 0.15) is 82.6 Å². The van der Waals surface area contributed by atoms with Gasteiger partial charge in [-0.25, -0.2) is 0 Å². The second kappa shape index (κ2) is 6.93. The third kappa shape index (κ3) is 5.39. The summed E-state index contributed by atoms with van der Waals surface area (Å²) in [6, 6.07) is 3.65. The Morgan fingerprint density at radius 1 is 0.741 bits per heavy atom. The summed E-state index contributed by atoms with van der Waals surface area (Å²) in [5.41, 5.74) is 0.769. The standard InChI is InChI=1S/C21H31F5S/c1-2-3-16-4-6-17(7-5-16)18-8-10-19(11-9-18)20-12-14-21(15-13-20)27(22,23,24,25)26/h12-19H,2-11H2,1H3/t16-,17-,18-,19-. The molecule has 1 aromatic rings. The molecule has 0 nitrogen and oxygen atoms in total. The fraction of sp³-hybridized carbons (Fsp3) is 0.714. The van der Waals surface area contributed by atoms with Gasteiger partial charge in [0, 0.05) is 0 Å². The predicted molar refractivity (Wildman–Crippen MR) is 103 cm³/mol. The van der Waals surface area contributed by atoms with Crippen LogP contribution >= 0.6 is 10.2 Å². The lowest BCUT2D eigenvalue weighted by Gasteiger charge is -2.41. The molecule has 0 unspecified atom stereocenters. The summed E-state index contributed by atoms with van der Waals surface area (Å²) in [7, 11) is -9.56. The minimum Gasteiger partial charge on any atom is -0.0936 e. The first kappa shape index (κ1) is 20.9. The Labute approximate surface area is 159 Å². The van der Waals surface area contributed by atoms with Gasteiger partial charge in [0.25, 0.3) is 0 Å². The summed E-state index contributed by atoms with van der Waals surface area (Å²) in [6.45, 7) is 2.25. The van der Waals surface area contributed by atoms with Crippen LogP contribution in [0.15, 0.2) is 29.2 Å². The van der Waals surface area contributed by atoms with Crippen LogP contribution in [-0.4, -0.2) is 0 Å². The molecule has 2 saturated carbocycles. The van der Waals surface area contributed by atoms with E-state index < -0.39 is 15.1 Å². The van der Waals surface area contributed by atoms with E-state index in [9.17, 15) is 19.4 Å². The van der Waals surface area contributed by atoms with Crippen molar-refractivity contribution in [1.82, 2.24) is 0 Å². The number of benzene rings is 1. The molecular formula is C21H31F5S. The highest BCUT2D eigenvalue weighted by atomic mass is 32.5. The number of hydrogen-bond acceptors (Lipinski definition) is 0. The van der Waals surface area contributed by atoms with Crippen molar-refractivity contribution in [3.63, 3.8) is 0 Å². The minimum absolute atomic E-state index is 0.199. The van der Waals surface area contributed by atoms with Gasteiger partial charge in [-0.1, -0.05) is 64.2 Å². The molecule has 0 spiro atoms. The van der Waals surface area contributed by atoms with E-state index in [-0.39, 0.29) is 5.92 Å². The zero-order valence-electron chi connectivity index (χ0n) is 16.0. The fourth-order valence-electron chi connectivity index (χ4n) is 5.28.